The van der Waals surface area contributed by atoms with Gasteiger partial charge in [-0.15, -0.1) is 0 Å². The number of ether oxygens (including phenoxy) is 1. The smallest absolute Gasteiger partial charge is 0.311 e. The zero-order valence-corrected chi connectivity index (χ0v) is 15.9. The lowest BCUT2D eigenvalue weighted by Crippen LogP contribution is -2.38. The average Bonchev–Trinajstić information content (AvgIpc) is 3.09. The Morgan fingerprint density at radius 1 is 1.19 bits per heavy atom. The van der Waals surface area contributed by atoms with Crippen molar-refractivity contribution in [3.8, 4) is 0 Å². The van der Waals surface area contributed by atoms with Crippen molar-refractivity contribution in [2.45, 2.75) is 57.5 Å². The van der Waals surface area contributed by atoms with Gasteiger partial charge >= 0.3 is 5.97 Å². The largest absolute Gasteiger partial charge is 0.455 e. The molecule has 1 N–H and O–H groups in total. The predicted molar refractivity (Wildman–Crippen MR) is 101 cm³/mol. The molecule has 3 rings (SSSR count). The molecule has 1 saturated carbocycles. The quantitative estimate of drug-likeness (QED) is 0.779. The van der Waals surface area contributed by atoms with Gasteiger partial charge in [-0.05, 0) is 25.3 Å². The van der Waals surface area contributed by atoms with Crippen molar-refractivity contribution < 1.29 is 19.1 Å². The number of likely N-dealkylation sites (tertiary alicyclic amines) is 1. The van der Waals surface area contributed by atoms with Gasteiger partial charge in [0.15, 0.2) is 6.61 Å². The Kier molecular flexibility index (Phi) is 6.48. The Bertz CT molecular complexity index is 670. The number of amides is 2. The Balaban J connectivity index is 1.43. The van der Waals surface area contributed by atoms with Crippen LogP contribution in [0.3, 0.4) is 0 Å². The molecular weight excluding hydrogens is 344 g/mol. The lowest BCUT2D eigenvalue weighted by molar-refractivity contribution is -0.152. The SMILES string of the molecule is C[C@H](NC(=O)COC(=O)[C@H]1CC(=O)N(C2CCCCC2)C1)c1ccccc1. The van der Waals surface area contributed by atoms with Crippen LogP contribution in [0.2, 0.25) is 0 Å². The first-order valence-corrected chi connectivity index (χ1v) is 9.85. The number of nitrogens with one attached hydrogen (secondary N) is 1. The Hall–Kier alpha value is -2.37. The Labute approximate surface area is 160 Å². The van der Waals surface area contributed by atoms with Crippen LogP contribution in [-0.4, -0.2) is 41.9 Å². The number of nitrogens with zero attached hydrogens (tertiary/aromatic N) is 1. The van der Waals surface area contributed by atoms with Crippen molar-refractivity contribution in [2.24, 2.45) is 5.92 Å². The highest BCUT2D eigenvalue weighted by Gasteiger charge is 2.39. The van der Waals surface area contributed by atoms with Gasteiger partial charge in [-0.2, -0.15) is 0 Å². The molecule has 0 bridgehead atoms. The number of rotatable bonds is 6. The van der Waals surface area contributed by atoms with Crippen molar-refractivity contribution in [2.75, 3.05) is 13.2 Å². The molecule has 1 aromatic carbocycles. The van der Waals surface area contributed by atoms with Crippen LogP contribution in [0, 0.1) is 5.92 Å². The fraction of sp³-hybridized carbons (Fsp3) is 0.571. The van der Waals surface area contributed by atoms with E-state index in [1.54, 1.807) is 0 Å². The molecule has 1 saturated heterocycles. The second-order valence-electron chi connectivity index (χ2n) is 7.55. The lowest BCUT2D eigenvalue weighted by atomic mass is 9.94. The van der Waals surface area contributed by atoms with Gasteiger partial charge in [-0.1, -0.05) is 49.6 Å². The first-order valence-electron chi connectivity index (χ1n) is 9.85. The minimum absolute atomic E-state index is 0.0333. The number of benzene rings is 1. The molecule has 1 aliphatic carbocycles. The zero-order valence-electron chi connectivity index (χ0n) is 15.9. The standard InChI is InChI=1S/C21H28N2O4/c1-15(16-8-4-2-5-9-16)22-19(24)14-27-21(26)17-12-20(25)23(13-17)18-10-6-3-7-11-18/h2,4-5,8-9,15,17-18H,3,6-7,10-14H2,1H3,(H,22,24)/t15-,17-/m0/s1. The molecule has 6 heteroatoms. The number of esters is 1. The Morgan fingerprint density at radius 3 is 2.59 bits per heavy atom. The van der Waals surface area contributed by atoms with Crippen LogP contribution >= 0.6 is 0 Å². The molecule has 0 unspecified atom stereocenters. The molecule has 0 radical (unpaired) electrons. The summed E-state index contributed by atoms with van der Waals surface area (Å²) in [6, 6.07) is 9.70. The summed E-state index contributed by atoms with van der Waals surface area (Å²) in [7, 11) is 0. The van der Waals surface area contributed by atoms with Crippen LogP contribution in [-0.2, 0) is 19.1 Å². The van der Waals surface area contributed by atoms with E-state index >= 15 is 0 Å². The molecule has 146 valence electrons. The van der Waals surface area contributed by atoms with E-state index in [1.165, 1.54) is 6.42 Å². The monoisotopic (exact) mass is 372 g/mol. The third kappa shape index (κ3) is 5.08. The lowest BCUT2D eigenvalue weighted by Gasteiger charge is -2.31. The van der Waals surface area contributed by atoms with Gasteiger partial charge in [0, 0.05) is 19.0 Å². The zero-order chi connectivity index (χ0) is 19.2. The van der Waals surface area contributed by atoms with E-state index in [9.17, 15) is 14.4 Å². The van der Waals surface area contributed by atoms with Gasteiger partial charge < -0.3 is 15.0 Å². The maximum absolute atomic E-state index is 12.3. The maximum atomic E-state index is 12.3. The first-order chi connectivity index (χ1) is 13.0. The third-order valence-electron chi connectivity index (χ3n) is 5.53. The molecule has 0 spiro atoms. The van der Waals surface area contributed by atoms with E-state index in [0.717, 1.165) is 31.2 Å². The van der Waals surface area contributed by atoms with Gasteiger partial charge in [0.2, 0.25) is 5.91 Å². The van der Waals surface area contributed by atoms with Crippen molar-refractivity contribution in [1.82, 2.24) is 10.2 Å². The number of carbonyl (C=O) groups excluding carboxylic acids is 3. The minimum Gasteiger partial charge on any atom is -0.455 e. The van der Waals surface area contributed by atoms with E-state index in [4.69, 9.17) is 4.74 Å². The highest BCUT2D eigenvalue weighted by molar-refractivity contribution is 5.88. The van der Waals surface area contributed by atoms with Gasteiger partial charge in [0.25, 0.3) is 5.91 Å². The predicted octanol–water partition coefficient (Wildman–Crippen LogP) is 2.59. The van der Waals surface area contributed by atoms with E-state index in [0.29, 0.717) is 6.54 Å². The summed E-state index contributed by atoms with van der Waals surface area (Å²) in [6.45, 7) is 1.99. The molecule has 1 aromatic rings. The number of hydrogen-bond acceptors (Lipinski definition) is 4. The summed E-state index contributed by atoms with van der Waals surface area (Å²) in [5.41, 5.74) is 0.988. The molecule has 6 nitrogen and oxygen atoms in total. The first kappa shape index (κ1) is 19.4. The summed E-state index contributed by atoms with van der Waals surface area (Å²) in [5, 5.41) is 2.82. The molecule has 1 aliphatic heterocycles. The maximum Gasteiger partial charge on any atom is 0.311 e. The van der Waals surface area contributed by atoms with Crippen LogP contribution in [0.15, 0.2) is 30.3 Å². The summed E-state index contributed by atoms with van der Waals surface area (Å²) >= 11 is 0. The van der Waals surface area contributed by atoms with Gasteiger partial charge in [-0.25, -0.2) is 0 Å². The summed E-state index contributed by atoms with van der Waals surface area (Å²) in [5.74, 6) is -1.22. The molecule has 2 aliphatic rings. The van der Waals surface area contributed by atoms with E-state index in [1.807, 2.05) is 42.2 Å². The second-order valence-corrected chi connectivity index (χ2v) is 7.55. The van der Waals surface area contributed by atoms with Crippen LogP contribution in [0.25, 0.3) is 0 Å². The fourth-order valence-corrected chi connectivity index (χ4v) is 4.00. The van der Waals surface area contributed by atoms with Gasteiger partial charge in [0.1, 0.15) is 0 Å². The van der Waals surface area contributed by atoms with Crippen LogP contribution in [0.1, 0.15) is 57.1 Å². The third-order valence-corrected chi connectivity index (χ3v) is 5.53. The average molecular weight is 372 g/mol. The minimum atomic E-state index is -0.459. The second kappa shape index (κ2) is 9.02. The van der Waals surface area contributed by atoms with Gasteiger partial charge in [-0.3, -0.25) is 14.4 Å². The fourth-order valence-electron chi connectivity index (χ4n) is 4.00. The van der Waals surface area contributed by atoms with Crippen LogP contribution < -0.4 is 5.32 Å². The molecule has 2 atom stereocenters. The molecule has 0 aromatic heterocycles. The number of hydrogen-bond donors (Lipinski definition) is 1. The van der Waals surface area contributed by atoms with Crippen LogP contribution in [0.4, 0.5) is 0 Å². The molecular formula is C21H28N2O4. The normalized spacial score (nSPS) is 21.7. The molecule has 27 heavy (non-hydrogen) atoms. The highest BCUT2D eigenvalue weighted by atomic mass is 16.5. The van der Waals surface area contributed by atoms with Crippen LogP contribution in [0.5, 0.6) is 0 Å². The topological polar surface area (TPSA) is 75.7 Å². The van der Waals surface area contributed by atoms with Crippen molar-refractivity contribution in [3.63, 3.8) is 0 Å². The van der Waals surface area contributed by atoms with Crippen molar-refractivity contribution in [3.05, 3.63) is 35.9 Å². The Morgan fingerprint density at radius 2 is 1.89 bits per heavy atom. The van der Waals surface area contributed by atoms with E-state index < -0.39 is 11.9 Å². The molecule has 2 amide bonds. The molecule has 1 heterocycles. The van der Waals surface area contributed by atoms with E-state index in [2.05, 4.69) is 5.32 Å². The van der Waals surface area contributed by atoms with E-state index in [-0.39, 0.29) is 36.9 Å². The number of carbonyl (C=O) groups is 3. The summed E-state index contributed by atoms with van der Waals surface area (Å²) in [6.07, 6.45) is 5.74. The van der Waals surface area contributed by atoms with Crippen molar-refractivity contribution in [1.29, 1.82) is 0 Å². The van der Waals surface area contributed by atoms with Crippen molar-refractivity contribution >= 4 is 17.8 Å². The highest BCUT2D eigenvalue weighted by Crippen LogP contribution is 2.29. The summed E-state index contributed by atoms with van der Waals surface area (Å²) in [4.78, 5) is 38.5. The molecule has 2 fully saturated rings. The summed E-state index contributed by atoms with van der Waals surface area (Å²) < 4.78 is 5.18. The van der Waals surface area contributed by atoms with Gasteiger partial charge in [0.05, 0.1) is 12.0 Å².